The molecular weight excluding hydrogens is 598 g/mol. The summed E-state index contributed by atoms with van der Waals surface area (Å²) < 4.78 is 41.3. The summed E-state index contributed by atoms with van der Waals surface area (Å²) in [6.45, 7) is 8.50. The minimum absolute atomic E-state index is 0.181. The van der Waals surface area contributed by atoms with Crippen LogP contribution in [-0.2, 0) is 26.5 Å². The molecule has 242 valence electrons. The van der Waals surface area contributed by atoms with Gasteiger partial charge in [0, 0.05) is 55.9 Å². The third kappa shape index (κ3) is 7.09. The fraction of sp³-hybridized carbons (Fsp3) is 0.469. The number of rotatable bonds is 10. The van der Waals surface area contributed by atoms with Gasteiger partial charge in [0.05, 0.1) is 19.3 Å². The molecule has 3 aromatic rings. The highest BCUT2D eigenvalue weighted by Crippen LogP contribution is 2.31. The Bertz CT molecular complexity index is 1690. The van der Waals surface area contributed by atoms with Crippen LogP contribution in [0.2, 0.25) is 0 Å². The first kappa shape index (κ1) is 33.1. The lowest BCUT2D eigenvalue weighted by Gasteiger charge is -2.40. The van der Waals surface area contributed by atoms with Gasteiger partial charge < -0.3 is 34.7 Å². The average Bonchev–Trinajstić information content (AvgIpc) is 3.42. The molecule has 0 aliphatic carbocycles. The van der Waals surface area contributed by atoms with Crippen molar-refractivity contribution < 1.29 is 33.2 Å². The molecule has 2 saturated heterocycles. The highest BCUT2D eigenvalue weighted by molar-refractivity contribution is 7.93. The number of nitrogens with one attached hydrogen (secondary N) is 2. The molecule has 45 heavy (non-hydrogen) atoms. The molecule has 2 aliphatic heterocycles. The summed E-state index contributed by atoms with van der Waals surface area (Å²) in [4.78, 5) is 1.81. The number of sulfonamides is 1. The van der Waals surface area contributed by atoms with Crippen molar-refractivity contribution in [1.82, 2.24) is 14.2 Å². The number of aliphatic hydroxyl groups excluding tert-OH is 3. The van der Waals surface area contributed by atoms with Crippen molar-refractivity contribution in [1.29, 1.82) is 5.26 Å². The molecule has 5 N–H and O–H groups in total. The number of aliphatic hydroxyl groups is 3. The summed E-state index contributed by atoms with van der Waals surface area (Å²) in [6.07, 6.45) is -5.31. The van der Waals surface area contributed by atoms with E-state index in [4.69, 9.17) is 9.47 Å². The minimum Gasteiger partial charge on any atom is -0.388 e. The number of morpholine rings is 1. The van der Waals surface area contributed by atoms with E-state index in [1.165, 1.54) is 6.92 Å². The van der Waals surface area contributed by atoms with E-state index in [2.05, 4.69) is 39.2 Å². The molecule has 12 nitrogen and oxygen atoms in total. The van der Waals surface area contributed by atoms with Crippen LogP contribution in [0.3, 0.4) is 0 Å². The molecule has 1 aromatic heterocycles. The maximum atomic E-state index is 13.3. The summed E-state index contributed by atoms with van der Waals surface area (Å²) >= 11 is 0. The van der Waals surface area contributed by atoms with E-state index < -0.39 is 45.6 Å². The second kappa shape index (κ2) is 14.0. The van der Waals surface area contributed by atoms with E-state index in [9.17, 15) is 29.0 Å². The van der Waals surface area contributed by atoms with E-state index in [0.717, 1.165) is 67.1 Å². The number of allylic oxidation sites excluding steroid dienone is 2. The number of nitrogens with zero attached hydrogens (tertiary/aromatic N) is 3. The lowest BCUT2D eigenvalue weighted by atomic mass is 9.96. The number of ether oxygens (including phenoxy) is 2. The van der Waals surface area contributed by atoms with Crippen LogP contribution in [0, 0.1) is 11.3 Å². The normalized spacial score (nSPS) is 25.1. The lowest BCUT2D eigenvalue weighted by Crippen LogP contribution is -2.63. The van der Waals surface area contributed by atoms with Crippen molar-refractivity contribution in [2.24, 2.45) is 7.05 Å². The molecule has 0 amide bonds. The number of nitriles is 1. The smallest absolute Gasteiger partial charge is 0.251 e. The number of aromatic nitrogens is 1. The second-order valence-corrected chi connectivity index (χ2v) is 13.1. The molecule has 5 rings (SSSR count). The van der Waals surface area contributed by atoms with Crippen molar-refractivity contribution in [2.75, 3.05) is 44.7 Å². The summed E-state index contributed by atoms with van der Waals surface area (Å²) in [5.74, 6) is 0. The van der Waals surface area contributed by atoms with E-state index in [1.54, 1.807) is 26.1 Å². The number of hydrogen-bond acceptors (Lipinski definition) is 10. The molecule has 2 aliphatic rings. The molecule has 0 radical (unpaired) electrons. The third-order valence-corrected chi connectivity index (χ3v) is 10.1. The van der Waals surface area contributed by atoms with Gasteiger partial charge in [0.1, 0.15) is 24.3 Å². The Morgan fingerprint density at radius 2 is 1.76 bits per heavy atom. The third-order valence-electron chi connectivity index (χ3n) is 8.63. The van der Waals surface area contributed by atoms with Gasteiger partial charge >= 0.3 is 0 Å². The van der Waals surface area contributed by atoms with Crippen LogP contribution in [0.15, 0.2) is 53.4 Å². The lowest BCUT2D eigenvalue weighted by molar-refractivity contribution is -0.244. The molecule has 1 unspecified atom stereocenters. The number of anilines is 1. The van der Waals surface area contributed by atoms with E-state index in [-0.39, 0.29) is 5.57 Å². The van der Waals surface area contributed by atoms with E-state index in [0.29, 0.717) is 12.1 Å². The van der Waals surface area contributed by atoms with Crippen LogP contribution in [0.1, 0.15) is 26.0 Å². The predicted octanol–water partition coefficient (Wildman–Crippen LogP) is 1.98. The van der Waals surface area contributed by atoms with Crippen molar-refractivity contribution in [3.63, 3.8) is 0 Å². The van der Waals surface area contributed by atoms with Gasteiger partial charge in [0.25, 0.3) is 10.0 Å². The molecular formula is C32H41N5O7S. The van der Waals surface area contributed by atoms with Crippen molar-refractivity contribution in [2.45, 2.75) is 50.9 Å². The highest BCUT2D eigenvalue weighted by atomic mass is 32.2. The Balaban J connectivity index is 1.33. The van der Waals surface area contributed by atoms with Gasteiger partial charge in [-0.25, -0.2) is 8.42 Å². The van der Waals surface area contributed by atoms with E-state index in [1.807, 2.05) is 22.8 Å². The summed E-state index contributed by atoms with van der Waals surface area (Å²) in [5, 5.41) is 46.7. The van der Waals surface area contributed by atoms with Gasteiger partial charge in [0.2, 0.25) is 0 Å². The first-order chi connectivity index (χ1) is 21.5. The fourth-order valence-corrected chi connectivity index (χ4v) is 7.35. The zero-order valence-corrected chi connectivity index (χ0v) is 26.5. The van der Waals surface area contributed by atoms with Crippen LogP contribution in [0.4, 0.5) is 5.69 Å². The topological polar surface area (TPSA) is 169 Å². The van der Waals surface area contributed by atoms with Crippen LogP contribution < -0.4 is 10.0 Å². The fourth-order valence-electron chi connectivity index (χ4n) is 5.99. The SMILES string of the molecule is CC[C@H]1OC(O)[C@H](NS(=O)(=O)/C(C#N)=C(\C)c2ccc(-c3ccc4cc(NCCN5CCOCC5)ccc4c3)n2C)[C@@H](O)[C@@H]1O. The first-order valence-electron chi connectivity index (χ1n) is 15.1. The number of hydrogen-bond donors (Lipinski definition) is 5. The maximum Gasteiger partial charge on any atom is 0.251 e. The predicted molar refractivity (Wildman–Crippen MR) is 171 cm³/mol. The molecule has 13 heteroatoms. The minimum atomic E-state index is -4.52. The number of benzene rings is 2. The zero-order valence-electron chi connectivity index (χ0n) is 25.7. The Kier molecular flexibility index (Phi) is 10.3. The van der Waals surface area contributed by atoms with Gasteiger partial charge in [-0.05, 0) is 60.0 Å². The summed E-state index contributed by atoms with van der Waals surface area (Å²) in [5.41, 5.74) is 3.46. The van der Waals surface area contributed by atoms with Gasteiger partial charge in [-0.1, -0.05) is 25.1 Å². The van der Waals surface area contributed by atoms with Crippen LogP contribution >= 0.6 is 0 Å². The van der Waals surface area contributed by atoms with Crippen molar-refractivity contribution >= 4 is 32.1 Å². The van der Waals surface area contributed by atoms with Crippen LogP contribution in [0.5, 0.6) is 0 Å². The summed E-state index contributed by atoms with van der Waals surface area (Å²) in [7, 11) is -2.73. The molecule has 0 bridgehead atoms. The Morgan fingerprint density at radius 3 is 2.47 bits per heavy atom. The Morgan fingerprint density at radius 1 is 1.04 bits per heavy atom. The Labute approximate surface area is 263 Å². The first-order valence-corrected chi connectivity index (χ1v) is 16.6. The quantitative estimate of drug-likeness (QED) is 0.207. The van der Waals surface area contributed by atoms with Crippen molar-refractivity contribution in [3.05, 3.63) is 59.1 Å². The van der Waals surface area contributed by atoms with Gasteiger partial charge in [0.15, 0.2) is 11.2 Å². The van der Waals surface area contributed by atoms with Crippen molar-refractivity contribution in [3.8, 4) is 17.3 Å². The molecule has 3 heterocycles. The zero-order chi connectivity index (χ0) is 32.3. The molecule has 0 saturated carbocycles. The van der Waals surface area contributed by atoms with Crippen LogP contribution in [0.25, 0.3) is 27.6 Å². The van der Waals surface area contributed by atoms with E-state index >= 15 is 0 Å². The molecule has 2 fully saturated rings. The molecule has 2 aromatic carbocycles. The average molecular weight is 640 g/mol. The Hall–Kier alpha value is -3.32. The van der Waals surface area contributed by atoms with Gasteiger partial charge in [-0.3, -0.25) is 4.90 Å². The van der Waals surface area contributed by atoms with Crippen LogP contribution in [-0.4, -0.2) is 103 Å². The molecule has 5 atom stereocenters. The highest BCUT2D eigenvalue weighted by Gasteiger charge is 2.45. The van der Waals surface area contributed by atoms with Gasteiger partial charge in [-0.2, -0.15) is 9.98 Å². The standard InChI is InChI=1S/C32H41N5O7S/c1-4-27-30(38)31(39)29(32(40)44-27)35-45(41,42)28(19-33)20(2)25-9-10-26(36(25)3)23-6-5-22-18-24(8-7-21(22)17-23)34-11-12-37-13-15-43-16-14-37/h5-10,17-18,27,29-32,34-35,38-40H,4,11-16H2,1-3H3/b28-20+/t27-,29-,30-,31-,32?/m1/s1. The van der Waals surface area contributed by atoms with Gasteiger partial charge in [-0.15, -0.1) is 0 Å². The summed E-state index contributed by atoms with van der Waals surface area (Å²) in [6, 6.07) is 16.2. The maximum absolute atomic E-state index is 13.3. The monoisotopic (exact) mass is 639 g/mol. The molecule has 0 spiro atoms. The largest absolute Gasteiger partial charge is 0.388 e. The second-order valence-electron chi connectivity index (χ2n) is 11.5. The number of fused-ring (bicyclic) bond motifs is 1.